The van der Waals surface area contributed by atoms with E-state index in [1.54, 1.807) is 30.3 Å². The van der Waals surface area contributed by atoms with E-state index in [2.05, 4.69) is 5.32 Å². The standard InChI is InChI=1S/C22H15N3O6/c26-20-17(21(27)24(22(28)23-20)13-14-6-2-1-3-7-14)12-15-10-11-19(31-15)16-8-4-5-9-18(16)25(29)30/h1-12H,13H2,(H,23,26,28). The molecule has 31 heavy (non-hydrogen) atoms. The van der Waals surface area contributed by atoms with E-state index in [9.17, 15) is 24.5 Å². The van der Waals surface area contributed by atoms with E-state index in [1.165, 1.54) is 36.4 Å². The van der Waals surface area contributed by atoms with Crippen LogP contribution < -0.4 is 5.32 Å². The van der Waals surface area contributed by atoms with Gasteiger partial charge in [0.05, 0.1) is 17.0 Å². The predicted octanol–water partition coefficient (Wildman–Crippen LogP) is 3.52. The minimum absolute atomic E-state index is 0.00422. The second-order valence-corrected chi connectivity index (χ2v) is 6.67. The van der Waals surface area contributed by atoms with Gasteiger partial charge in [-0.05, 0) is 29.8 Å². The van der Waals surface area contributed by atoms with E-state index >= 15 is 0 Å². The third-order valence-electron chi connectivity index (χ3n) is 4.65. The predicted molar refractivity (Wildman–Crippen MR) is 109 cm³/mol. The number of furan rings is 1. The number of nitrogens with zero attached hydrogens (tertiary/aromatic N) is 2. The molecule has 0 spiro atoms. The van der Waals surface area contributed by atoms with Crippen molar-refractivity contribution in [2.45, 2.75) is 6.54 Å². The first-order valence-electron chi connectivity index (χ1n) is 9.20. The van der Waals surface area contributed by atoms with E-state index < -0.39 is 22.8 Å². The highest BCUT2D eigenvalue weighted by atomic mass is 16.6. The summed E-state index contributed by atoms with van der Waals surface area (Å²) < 4.78 is 5.62. The number of barbiturate groups is 1. The monoisotopic (exact) mass is 417 g/mol. The number of urea groups is 1. The number of hydrogen-bond acceptors (Lipinski definition) is 6. The van der Waals surface area contributed by atoms with Gasteiger partial charge in [0.25, 0.3) is 17.5 Å². The van der Waals surface area contributed by atoms with Gasteiger partial charge in [0.1, 0.15) is 17.1 Å². The average molecular weight is 417 g/mol. The average Bonchev–Trinajstić information content (AvgIpc) is 3.23. The highest BCUT2D eigenvalue weighted by Gasteiger charge is 2.36. The first-order chi connectivity index (χ1) is 14.9. The Bertz CT molecular complexity index is 1230. The fourth-order valence-corrected chi connectivity index (χ4v) is 3.16. The van der Waals surface area contributed by atoms with Gasteiger partial charge in [0.2, 0.25) is 0 Å². The molecule has 0 saturated carbocycles. The van der Waals surface area contributed by atoms with E-state index in [-0.39, 0.29) is 34.9 Å². The van der Waals surface area contributed by atoms with Crippen LogP contribution in [0.3, 0.4) is 0 Å². The van der Waals surface area contributed by atoms with Crippen LogP contribution >= 0.6 is 0 Å². The first kappa shape index (κ1) is 19.8. The molecule has 1 N–H and O–H groups in total. The van der Waals surface area contributed by atoms with Gasteiger partial charge >= 0.3 is 6.03 Å². The van der Waals surface area contributed by atoms with E-state index in [0.717, 1.165) is 10.5 Å². The lowest BCUT2D eigenvalue weighted by atomic mass is 10.1. The first-order valence-corrected chi connectivity index (χ1v) is 9.20. The highest BCUT2D eigenvalue weighted by Crippen LogP contribution is 2.31. The lowest BCUT2D eigenvalue weighted by Crippen LogP contribution is -2.53. The van der Waals surface area contributed by atoms with Crippen LogP contribution in [0.5, 0.6) is 0 Å². The summed E-state index contributed by atoms with van der Waals surface area (Å²) in [7, 11) is 0. The molecule has 154 valence electrons. The maximum atomic E-state index is 12.8. The van der Waals surface area contributed by atoms with Crippen molar-refractivity contribution in [3.8, 4) is 11.3 Å². The Morgan fingerprint density at radius 3 is 2.42 bits per heavy atom. The third kappa shape index (κ3) is 3.97. The van der Waals surface area contributed by atoms with Crippen LogP contribution in [0.15, 0.2) is 76.7 Å². The van der Waals surface area contributed by atoms with Gasteiger partial charge in [-0.1, -0.05) is 42.5 Å². The molecule has 9 nitrogen and oxygen atoms in total. The van der Waals surface area contributed by atoms with Crippen molar-refractivity contribution in [2.75, 3.05) is 0 Å². The maximum absolute atomic E-state index is 12.8. The summed E-state index contributed by atoms with van der Waals surface area (Å²) in [6, 6.07) is 17.1. The Hall–Kier alpha value is -4.53. The van der Waals surface area contributed by atoms with Gasteiger partial charge in [-0.2, -0.15) is 0 Å². The zero-order chi connectivity index (χ0) is 22.0. The van der Waals surface area contributed by atoms with Crippen molar-refractivity contribution < 1.29 is 23.7 Å². The van der Waals surface area contributed by atoms with Crippen LogP contribution in [0.25, 0.3) is 17.4 Å². The van der Waals surface area contributed by atoms with E-state index in [0.29, 0.717) is 0 Å². The number of hydrogen-bond donors (Lipinski definition) is 1. The van der Waals surface area contributed by atoms with Crippen molar-refractivity contribution in [1.82, 2.24) is 10.2 Å². The second-order valence-electron chi connectivity index (χ2n) is 6.67. The quantitative estimate of drug-likeness (QED) is 0.293. The van der Waals surface area contributed by atoms with E-state index in [1.807, 2.05) is 6.07 Å². The summed E-state index contributed by atoms with van der Waals surface area (Å²) >= 11 is 0. The molecule has 1 aliphatic rings. The molecule has 0 atom stereocenters. The summed E-state index contributed by atoms with van der Waals surface area (Å²) in [6.07, 6.45) is 1.21. The molecule has 1 aromatic heterocycles. The van der Waals surface area contributed by atoms with Gasteiger partial charge in [-0.3, -0.25) is 29.9 Å². The largest absolute Gasteiger partial charge is 0.456 e. The molecule has 0 bridgehead atoms. The molecule has 0 aliphatic carbocycles. The summed E-state index contributed by atoms with van der Waals surface area (Å²) in [4.78, 5) is 48.9. The fourth-order valence-electron chi connectivity index (χ4n) is 3.16. The Morgan fingerprint density at radius 2 is 1.68 bits per heavy atom. The van der Waals surface area contributed by atoms with Crippen LogP contribution in [-0.4, -0.2) is 27.7 Å². The summed E-state index contributed by atoms with van der Waals surface area (Å²) in [6.45, 7) is -0.00422. The Kier molecular flexibility index (Phi) is 5.15. The van der Waals surface area contributed by atoms with Gasteiger partial charge in [-0.25, -0.2) is 4.79 Å². The normalized spacial score (nSPS) is 15.3. The van der Waals surface area contributed by atoms with Crippen LogP contribution in [-0.2, 0) is 16.1 Å². The number of carbonyl (C=O) groups is 3. The molecule has 1 fully saturated rings. The van der Waals surface area contributed by atoms with Crippen molar-refractivity contribution >= 4 is 29.6 Å². The number of nitro benzene ring substituents is 1. The Labute approximate surface area is 175 Å². The molecule has 0 unspecified atom stereocenters. The Morgan fingerprint density at radius 1 is 0.968 bits per heavy atom. The van der Waals surface area contributed by atoms with E-state index in [4.69, 9.17) is 4.42 Å². The highest BCUT2D eigenvalue weighted by molar-refractivity contribution is 6.30. The van der Waals surface area contributed by atoms with Gasteiger partial charge in [0.15, 0.2) is 0 Å². The van der Waals surface area contributed by atoms with Gasteiger partial charge < -0.3 is 4.42 Å². The fraction of sp³-hybridized carbons (Fsp3) is 0.0455. The minimum Gasteiger partial charge on any atom is -0.456 e. The third-order valence-corrected chi connectivity index (χ3v) is 4.65. The lowest BCUT2D eigenvalue weighted by Gasteiger charge is -2.26. The molecule has 4 rings (SSSR count). The second kappa shape index (κ2) is 8.07. The number of benzene rings is 2. The number of amides is 4. The number of para-hydroxylation sites is 1. The molecule has 1 saturated heterocycles. The van der Waals surface area contributed by atoms with Crippen LogP contribution in [0.1, 0.15) is 11.3 Å². The number of nitrogens with one attached hydrogen (secondary N) is 1. The molecular weight excluding hydrogens is 402 g/mol. The zero-order valence-corrected chi connectivity index (χ0v) is 16.0. The maximum Gasteiger partial charge on any atom is 0.331 e. The van der Waals surface area contributed by atoms with Crippen LogP contribution in [0.2, 0.25) is 0 Å². The topological polar surface area (TPSA) is 123 Å². The zero-order valence-electron chi connectivity index (χ0n) is 16.0. The van der Waals surface area contributed by atoms with Crippen LogP contribution in [0.4, 0.5) is 10.5 Å². The number of imide groups is 2. The summed E-state index contributed by atoms with van der Waals surface area (Å²) in [5, 5.41) is 13.4. The number of carbonyl (C=O) groups excluding carboxylic acids is 3. The van der Waals surface area contributed by atoms with Gasteiger partial charge in [-0.15, -0.1) is 0 Å². The van der Waals surface area contributed by atoms with Crippen molar-refractivity contribution in [1.29, 1.82) is 0 Å². The molecule has 1 aliphatic heterocycles. The van der Waals surface area contributed by atoms with Crippen molar-refractivity contribution in [3.63, 3.8) is 0 Å². The molecule has 4 amide bonds. The molecule has 2 aromatic carbocycles. The minimum atomic E-state index is -0.844. The summed E-state index contributed by atoms with van der Waals surface area (Å²) in [5.41, 5.74) is 0.565. The van der Waals surface area contributed by atoms with Crippen molar-refractivity contribution in [3.05, 3.63) is 93.7 Å². The number of nitro groups is 1. The SMILES string of the molecule is O=C1NC(=O)N(Cc2ccccc2)C(=O)C1=Cc1ccc(-c2ccccc2[N+](=O)[O-])o1. The lowest BCUT2D eigenvalue weighted by molar-refractivity contribution is -0.384. The summed E-state index contributed by atoms with van der Waals surface area (Å²) in [5.74, 6) is -1.26. The Balaban J connectivity index is 1.64. The van der Waals surface area contributed by atoms with Gasteiger partial charge in [0, 0.05) is 6.07 Å². The van der Waals surface area contributed by atoms with Crippen LogP contribution in [0, 0.1) is 10.1 Å². The molecule has 2 heterocycles. The molecule has 0 radical (unpaired) electrons. The van der Waals surface area contributed by atoms with Crippen molar-refractivity contribution in [2.24, 2.45) is 0 Å². The molecule has 3 aromatic rings. The number of rotatable bonds is 5. The molecular formula is C22H15N3O6. The smallest absolute Gasteiger partial charge is 0.331 e. The molecule has 9 heteroatoms.